The summed E-state index contributed by atoms with van der Waals surface area (Å²) in [4.78, 5) is 8.84. The van der Waals surface area contributed by atoms with E-state index in [0.29, 0.717) is 41.0 Å². The van der Waals surface area contributed by atoms with Gasteiger partial charge in [-0.3, -0.25) is 4.98 Å². The first kappa shape index (κ1) is 22.5. The number of pyridine rings is 1. The van der Waals surface area contributed by atoms with Crippen LogP contribution in [-0.2, 0) is 6.54 Å². The smallest absolute Gasteiger partial charge is 0.178 e. The van der Waals surface area contributed by atoms with Gasteiger partial charge in [-0.15, -0.1) is 0 Å². The SMILES string of the molecule is O[C@H]1CNCC[C@@H]1CNc1cc(NCc2ccc(-c3ccccn3)cc2F)n2ncc(Cl)c2n1. The highest BCUT2D eigenvalue weighted by Gasteiger charge is 2.23. The number of hydrogen-bond acceptors (Lipinski definition) is 7. The van der Waals surface area contributed by atoms with Crippen molar-refractivity contribution in [2.24, 2.45) is 5.92 Å². The second-order valence-corrected chi connectivity index (χ2v) is 8.74. The number of nitrogens with zero attached hydrogens (tertiary/aromatic N) is 4. The minimum Gasteiger partial charge on any atom is -0.391 e. The van der Waals surface area contributed by atoms with Crippen molar-refractivity contribution in [1.82, 2.24) is 24.9 Å². The first-order valence-corrected chi connectivity index (χ1v) is 11.6. The highest BCUT2D eigenvalue weighted by molar-refractivity contribution is 6.33. The molecule has 176 valence electrons. The van der Waals surface area contributed by atoms with E-state index in [1.165, 1.54) is 12.3 Å². The molecule has 34 heavy (non-hydrogen) atoms. The number of aliphatic hydroxyl groups is 1. The number of rotatable bonds is 7. The number of nitrogens with one attached hydrogen (secondary N) is 3. The molecule has 8 nitrogen and oxygen atoms in total. The zero-order valence-corrected chi connectivity index (χ0v) is 19.1. The molecule has 2 atom stereocenters. The normalized spacial score (nSPS) is 18.2. The van der Waals surface area contributed by atoms with E-state index in [1.54, 1.807) is 16.8 Å². The van der Waals surface area contributed by atoms with E-state index in [1.807, 2.05) is 30.3 Å². The van der Waals surface area contributed by atoms with Crippen LogP contribution in [0.3, 0.4) is 0 Å². The van der Waals surface area contributed by atoms with Crippen molar-refractivity contribution in [2.75, 3.05) is 30.3 Å². The van der Waals surface area contributed by atoms with Crippen molar-refractivity contribution in [3.63, 3.8) is 0 Å². The van der Waals surface area contributed by atoms with Gasteiger partial charge in [0, 0.05) is 48.9 Å². The third-order valence-corrected chi connectivity index (χ3v) is 6.30. The Bertz CT molecular complexity index is 1280. The lowest BCUT2D eigenvalue weighted by Crippen LogP contribution is -2.43. The maximum absolute atomic E-state index is 14.8. The lowest BCUT2D eigenvalue weighted by atomic mass is 9.95. The fourth-order valence-corrected chi connectivity index (χ4v) is 4.26. The Hall–Kier alpha value is -3.27. The largest absolute Gasteiger partial charge is 0.391 e. The summed E-state index contributed by atoms with van der Waals surface area (Å²) in [6, 6.07) is 12.4. The number of fused-ring (bicyclic) bond motifs is 1. The Balaban J connectivity index is 1.34. The lowest BCUT2D eigenvalue weighted by Gasteiger charge is -2.28. The molecule has 0 saturated carbocycles. The zero-order chi connectivity index (χ0) is 23.5. The van der Waals surface area contributed by atoms with Crippen LogP contribution in [0.5, 0.6) is 0 Å². The van der Waals surface area contributed by atoms with Gasteiger partial charge in [0.25, 0.3) is 0 Å². The molecular formula is C24H25ClFN7O. The number of hydrogen-bond donors (Lipinski definition) is 4. The molecule has 4 heterocycles. The van der Waals surface area contributed by atoms with E-state index in [2.05, 4.69) is 31.0 Å². The fraction of sp³-hybridized carbons (Fsp3) is 0.292. The van der Waals surface area contributed by atoms with Gasteiger partial charge in [0.1, 0.15) is 22.5 Å². The van der Waals surface area contributed by atoms with Crippen molar-refractivity contribution >= 4 is 28.9 Å². The second kappa shape index (κ2) is 9.92. The summed E-state index contributed by atoms with van der Waals surface area (Å²) in [5.41, 5.74) is 2.44. The minimum atomic E-state index is -0.404. The molecule has 4 aromatic rings. The summed E-state index contributed by atoms with van der Waals surface area (Å²) in [6.07, 6.45) is 3.68. The van der Waals surface area contributed by atoms with Crippen molar-refractivity contribution in [3.8, 4) is 11.3 Å². The van der Waals surface area contributed by atoms with Crippen LogP contribution in [-0.4, -0.2) is 50.4 Å². The topological polar surface area (TPSA) is 99.4 Å². The van der Waals surface area contributed by atoms with Crippen molar-refractivity contribution < 1.29 is 9.50 Å². The first-order valence-electron chi connectivity index (χ1n) is 11.2. The summed E-state index contributed by atoms with van der Waals surface area (Å²) in [5, 5.41) is 24.7. The standard InChI is InChI=1S/C24H25ClFN7O/c25-18-13-31-33-23(10-22(32-24(18)33)29-12-17-6-8-27-14-21(17)34)30-11-16-5-4-15(9-19(16)26)20-3-1-2-7-28-20/h1-5,7,9-10,13,17,21,27,30,34H,6,8,11-12,14H2,(H,29,32)/t17-,21+/m1/s1. The predicted octanol–water partition coefficient (Wildman–Crippen LogP) is 3.58. The minimum absolute atomic E-state index is 0.128. The first-order chi connectivity index (χ1) is 16.6. The fourth-order valence-electron chi connectivity index (χ4n) is 4.09. The molecule has 0 bridgehead atoms. The zero-order valence-electron chi connectivity index (χ0n) is 18.4. The number of halogens is 2. The number of β-amino-alcohol motifs (C(OH)–C–C–N with tert-alkyl or cyclic N) is 1. The van der Waals surface area contributed by atoms with Gasteiger partial charge in [-0.1, -0.05) is 29.8 Å². The molecule has 1 aromatic carbocycles. The van der Waals surface area contributed by atoms with Crippen molar-refractivity contribution in [2.45, 2.75) is 19.1 Å². The molecule has 0 unspecified atom stereocenters. The number of anilines is 2. The van der Waals surface area contributed by atoms with E-state index in [0.717, 1.165) is 24.2 Å². The highest BCUT2D eigenvalue weighted by atomic mass is 35.5. The van der Waals surface area contributed by atoms with Crippen LogP contribution in [0.2, 0.25) is 5.02 Å². The van der Waals surface area contributed by atoms with Crippen molar-refractivity contribution in [3.05, 3.63) is 71.3 Å². The van der Waals surface area contributed by atoms with Gasteiger partial charge in [0.2, 0.25) is 0 Å². The van der Waals surface area contributed by atoms with Crippen LogP contribution in [0.25, 0.3) is 16.9 Å². The number of aromatic nitrogens is 4. The van der Waals surface area contributed by atoms with Gasteiger partial charge in [-0.05, 0) is 31.2 Å². The van der Waals surface area contributed by atoms with Gasteiger partial charge >= 0.3 is 0 Å². The summed E-state index contributed by atoms with van der Waals surface area (Å²) in [7, 11) is 0. The third-order valence-electron chi connectivity index (χ3n) is 6.04. The number of aliphatic hydroxyl groups excluding tert-OH is 1. The van der Waals surface area contributed by atoms with Gasteiger partial charge in [-0.25, -0.2) is 9.37 Å². The van der Waals surface area contributed by atoms with Crippen LogP contribution in [0.4, 0.5) is 16.0 Å². The monoisotopic (exact) mass is 481 g/mol. The second-order valence-electron chi connectivity index (χ2n) is 8.33. The van der Waals surface area contributed by atoms with Crippen LogP contribution in [0, 0.1) is 11.7 Å². The average Bonchev–Trinajstić information content (AvgIpc) is 3.24. The predicted molar refractivity (Wildman–Crippen MR) is 130 cm³/mol. The van der Waals surface area contributed by atoms with Crippen LogP contribution in [0.15, 0.2) is 54.9 Å². The molecule has 0 spiro atoms. The summed E-state index contributed by atoms with van der Waals surface area (Å²) >= 11 is 6.29. The summed E-state index contributed by atoms with van der Waals surface area (Å²) in [6.45, 7) is 2.30. The highest BCUT2D eigenvalue weighted by Crippen LogP contribution is 2.25. The molecular weight excluding hydrogens is 457 g/mol. The van der Waals surface area contributed by atoms with E-state index < -0.39 is 6.10 Å². The molecule has 5 rings (SSSR count). The van der Waals surface area contributed by atoms with Gasteiger partial charge < -0.3 is 21.1 Å². The third kappa shape index (κ3) is 4.82. The van der Waals surface area contributed by atoms with E-state index in [9.17, 15) is 9.50 Å². The summed E-state index contributed by atoms with van der Waals surface area (Å²) < 4.78 is 16.4. The van der Waals surface area contributed by atoms with Crippen molar-refractivity contribution in [1.29, 1.82) is 0 Å². The average molecular weight is 482 g/mol. The lowest BCUT2D eigenvalue weighted by molar-refractivity contribution is 0.0883. The Morgan fingerprint density at radius 2 is 2.12 bits per heavy atom. The quantitative estimate of drug-likeness (QED) is 0.320. The van der Waals surface area contributed by atoms with Gasteiger partial charge in [-0.2, -0.15) is 9.61 Å². The molecule has 1 saturated heterocycles. The van der Waals surface area contributed by atoms with Crippen LogP contribution in [0.1, 0.15) is 12.0 Å². The van der Waals surface area contributed by atoms with E-state index >= 15 is 0 Å². The van der Waals surface area contributed by atoms with Crippen LogP contribution < -0.4 is 16.0 Å². The number of piperidine rings is 1. The Morgan fingerprint density at radius 3 is 2.91 bits per heavy atom. The molecule has 0 radical (unpaired) electrons. The molecule has 4 N–H and O–H groups in total. The Morgan fingerprint density at radius 1 is 1.21 bits per heavy atom. The molecule has 1 aliphatic rings. The molecule has 0 aliphatic carbocycles. The summed E-state index contributed by atoms with van der Waals surface area (Å²) in [5.74, 6) is 1.04. The van der Waals surface area contributed by atoms with Gasteiger partial charge in [0.15, 0.2) is 5.65 Å². The van der Waals surface area contributed by atoms with Crippen LogP contribution >= 0.6 is 11.6 Å². The molecule has 1 fully saturated rings. The molecule has 3 aromatic heterocycles. The Kier molecular flexibility index (Phi) is 6.57. The maximum Gasteiger partial charge on any atom is 0.178 e. The number of benzene rings is 1. The van der Waals surface area contributed by atoms with E-state index in [4.69, 9.17) is 11.6 Å². The Labute approximate surface area is 201 Å². The van der Waals surface area contributed by atoms with E-state index in [-0.39, 0.29) is 18.3 Å². The van der Waals surface area contributed by atoms with Gasteiger partial charge in [0.05, 0.1) is 18.0 Å². The maximum atomic E-state index is 14.8. The molecule has 10 heteroatoms. The molecule has 1 aliphatic heterocycles. The molecule has 0 amide bonds.